The fraction of sp³-hybridized carbons (Fsp3) is 0.0526. The van der Waals surface area contributed by atoms with Crippen molar-refractivity contribution >= 4 is 64.1 Å². The number of nitrogens with one attached hydrogen (secondary N) is 1. The molecule has 0 fully saturated rings. The molecule has 0 unspecified atom stereocenters. The summed E-state index contributed by atoms with van der Waals surface area (Å²) in [6, 6.07) is 18.5. The minimum absolute atomic E-state index is 0.816. The Labute approximate surface area is 151 Å². The lowest BCUT2D eigenvalue weighted by Gasteiger charge is -1.96. The lowest BCUT2D eigenvalue weighted by atomic mass is 10.1. The fourth-order valence-electron chi connectivity index (χ4n) is 2.89. The number of hydrogen-bond donors (Lipinski definition) is 1. The number of fused-ring (bicyclic) bond motifs is 4. The van der Waals surface area contributed by atoms with Gasteiger partial charge in [-0.3, -0.25) is 0 Å². The van der Waals surface area contributed by atoms with E-state index in [0.717, 1.165) is 31.7 Å². The average Bonchev–Trinajstić information content (AvgIpc) is 3.24. The van der Waals surface area contributed by atoms with E-state index in [1.54, 1.807) is 29.8 Å². The number of aromatic nitrogens is 2. The molecule has 0 spiro atoms. The zero-order valence-corrected chi connectivity index (χ0v) is 14.9. The van der Waals surface area contributed by atoms with Crippen LogP contribution < -0.4 is 10.1 Å². The van der Waals surface area contributed by atoms with Crippen LogP contribution in [0.25, 0.3) is 31.2 Å². The van der Waals surface area contributed by atoms with E-state index < -0.39 is 0 Å². The maximum atomic E-state index is 5.26. The number of nitrogens with zero attached hydrogens (tertiary/aromatic N) is 2. The Morgan fingerprint density at radius 3 is 2.64 bits per heavy atom. The van der Waals surface area contributed by atoms with Crippen molar-refractivity contribution in [2.75, 3.05) is 12.4 Å². The summed E-state index contributed by atoms with van der Waals surface area (Å²) in [7, 11) is 1.66. The van der Waals surface area contributed by atoms with E-state index in [4.69, 9.17) is 9.72 Å². The zero-order valence-electron chi connectivity index (χ0n) is 13.3. The summed E-state index contributed by atoms with van der Waals surface area (Å²) in [5, 5.41) is 7.53. The quantitative estimate of drug-likeness (QED) is 0.439. The van der Waals surface area contributed by atoms with Gasteiger partial charge in [-0.2, -0.15) is 0 Å². The third-order valence-electron chi connectivity index (χ3n) is 4.09. The highest BCUT2D eigenvalue weighted by molar-refractivity contribution is 7.24. The largest absolute Gasteiger partial charge is 0.497 e. The van der Waals surface area contributed by atoms with Crippen molar-refractivity contribution in [3.63, 3.8) is 0 Å². The van der Waals surface area contributed by atoms with Crippen molar-refractivity contribution in [2.45, 2.75) is 0 Å². The SMILES string of the molecule is COc1ccc2sc(Nc3nc4ccc5ccccc5c4s3)nc2c1. The summed E-state index contributed by atoms with van der Waals surface area (Å²) in [5.41, 5.74) is 1.94. The van der Waals surface area contributed by atoms with E-state index in [0.29, 0.717) is 0 Å². The molecule has 1 N–H and O–H groups in total. The van der Waals surface area contributed by atoms with Crippen LogP contribution in [0.2, 0.25) is 0 Å². The predicted molar refractivity (Wildman–Crippen MR) is 107 cm³/mol. The van der Waals surface area contributed by atoms with Crippen LogP contribution in [0, 0.1) is 0 Å². The average molecular weight is 363 g/mol. The van der Waals surface area contributed by atoms with Crippen molar-refractivity contribution in [1.82, 2.24) is 9.97 Å². The van der Waals surface area contributed by atoms with Crippen molar-refractivity contribution < 1.29 is 4.74 Å². The Balaban J connectivity index is 1.56. The molecule has 6 heteroatoms. The highest BCUT2D eigenvalue weighted by Gasteiger charge is 2.10. The van der Waals surface area contributed by atoms with Crippen molar-refractivity contribution in [3.8, 4) is 5.75 Å². The molecule has 2 aromatic heterocycles. The minimum Gasteiger partial charge on any atom is -0.497 e. The first-order chi connectivity index (χ1) is 12.3. The maximum absolute atomic E-state index is 5.26. The van der Waals surface area contributed by atoms with Gasteiger partial charge < -0.3 is 10.1 Å². The van der Waals surface area contributed by atoms with Gasteiger partial charge in [-0.05, 0) is 23.6 Å². The number of benzene rings is 3. The molecule has 0 bridgehead atoms. The summed E-state index contributed by atoms with van der Waals surface area (Å²) < 4.78 is 7.58. The van der Waals surface area contributed by atoms with Crippen LogP contribution in [-0.2, 0) is 0 Å². The number of hydrogen-bond acceptors (Lipinski definition) is 6. The highest BCUT2D eigenvalue weighted by Crippen LogP contribution is 2.36. The van der Waals surface area contributed by atoms with E-state index >= 15 is 0 Å². The van der Waals surface area contributed by atoms with Crippen molar-refractivity contribution in [2.24, 2.45) is 0 Å². The van der Waals surface area contributed by atoms with Gasteiger partial charge in [0, 0.05) is 11.5 Å². The minimum atomic E-state index is 0.816. The Morgan fingerprint density at radius 2 is 1.72 bits per heavy atom. The second kappa shape index (κ2) is 5.68. The van der Waals surface area contributed by atoms with E-state index in [2.05, 4.69) is 46.7 Å². The molecule has 25 heavy (non-hydrogen) atoms. The molecule has 0 atom stereocenters. The molecule has 5 aromatic rings. The monoisotopic (exact) mass is 363 g/mol. The van der Waals surface area contributed by atoms with Gasteiger partial charge in [0.2, 0.25) is 0 Å². The van der Waals surface area contributed by atoms with Crippen LogP contribution in [0.15, 0.2) is 54.6 Å². The molecule has 0 aliphatic carbocycles. The molecule has 0 amide bonds. The number of ether oxygens (including phenoxy) is 1. The number of methoxy groups -OCH3 is 1. The number of rotatable bonds is 3. The molecule has 5 rings (SSSR count). The first kappa shape index (κ1) is 14.6. The van der Waals surface area contributed by atoms with E-state index in [1.165, 1.54) is 15.5 Å². The van der Waals surface area contributed by atoms with Gasteiger partial charge in [0.1, 0.15) is 5.75 Å². The van der Waals surface area contributed by atoms with Crippen LogP contribution in [0.5, 0.6) is 5.75 Å². The Bertz CT molecular complexity index is 1230. The van der Waals surface area contributed by atoms with Gasteiger partial charge in [-0.25, -0.2) is 9.97 Å². The molecule has 0 aliphatic heterocycles. The summed E-state index contributed by atoms with van der Waals surface area (Å²) in [4.78, 5) is 9.35. The normalized spacial score (nSPS) is 11.4. The molecule has 0 saturated carbocycles. The standard InChI is InChI=1S/C19H13N3OS2/c1-23-12-7-9-16-15(10-12)21-18(24-16)22-19-20-14-8-6-11-4-2-3-5-13(11)17(14)25-19/h2-10H,1H3,(H,20,21,22). The van der Waals surface area contributed by atoms with E-state index in [-0.39, 0.29) is 0 Å². The summed E-state index contributed by atoms with van der Waals surface area (Å²) in [6.07, 6.45) is 0. The smallest absolute Gasteiger partial charge is 0.190 e. The second-order valence-electron chi connectivity index (χ2n) is 5.63. The second-order valence-corrected chi connectivity index (χ2v) is 7.66. The zero-order chi connectivity index (χ0) is 16.8. The first-order valence-corrected chi connectivity index (χ1v) is 9.43. The highest BCUT2D eigenvalue weighted by atomic mass is 32.1. The Hall–Kier alpha value is -2.70. The van der Waals surface area contributed by atoms with Gasteiger partial charge in [-0.1, -0.05) is 53.0 Å². The molecule has 3 aromatic carbocycles. The Kier molecular flexibility index (Phi) is 3.33. The lowest BCUT2D eigenvalue weighted by Crippen LogP contribution is -1.87. The van der Waals surface area contributed by atoms with Crippen molar-refractivity contribution in [3.05, 3.63) is 54.6 Å². The van der Waals surface area contributed by atoms with Crippen molar-refractivity contribution in [1.29, 1.82) is 0 Å². The molecule has 0 radical (unpaired) electrons. The molecular weight excluding hydrogens is 350 g/mol. The van der Waals surface area contributed by atoms with Crippen LogP contribution >= 0.6 is 22.7 Å². The summed E-state index contributed by atoms with van der Waals surface area (Å²) >= 11 is 3.27. The molecule has 4 nitrogen and oxygen atoms in total. The molecular formula is C19H13N3OS2. The van der Waals surface area contributed by atoms with Gasteiger partial charge in [0.25, 0.3) is 0 Å². The first-order valence-electron chi connectivity index (χ1n) is 7.80. The van der Waals surface area contributed by atoms with Crippen LogP contribution in [0.1, 0.15) is 0 Å². The lowest BCUT2D eigenvalue weighted by molar-refractivity contribution is 0.415. The fourth-order valence-corrected chi connectivity index (χ4v) is 4.80. The number of anilines is 2. The van der Waals surface area contributed by atoms with Gasteiger partial charge in [0.05, 0.1) is 27.5 Å². The van der Waals surface area contributed by atoms with E-state index in [1.807, 2.05) is 18.2 Å². The predicted octanol–water partition coefficient (Wildman–Crippen LogP) is 5.81. The molecule has 122 valence electrons. The third-order valence-corrected chi connectivity index (χ3v) is 6.06. The van der Waals surface area contributed by atoms with Crippen LogP contribution in [-0.4, -0.2) is 17.1 Å². The van der Waals surface area contributed by atoms with Crippen LogP contribution in [0.3, 0.4) is 0 Å². The van der Waals surface area contributed by atoms with Gasteiger partial charge in [0.15, 0.2) is 10.3 Å². The van der Waals surface area contributed by atoms with E-state index in [9.17, 15) is 0 Å². The number of thiazole rings is 2. The van der Waals surface area contributed by atoms with Crippen LogP contribution in [0.4, 0.5) is 10.3 Å². The maximum Gasteiger partial charge on any atom is 0.190 e. The third kappa shape index (κ3) is 2.50. The Morgan fingerprint density at radius 1 is 0.880 bits per heavy atom. The topological polar surface area (TPSA) is 47.0 Å². The van der Waals surface area contributed by atoms with Gasteiger partial charge in [-0.15, -0.1) is 0 Å². The summed E-state index contributed by atoms with van der Waals surface area (Å²) in [6.45, 7) is 0. The molecule has 0 aliphatic rings. The summed E-state index contributed by atoms with van der Waals surface area (Å²) in [5.74, 6) is 0.816. The molecule has 2 heterocycles. The molecule has 0 saturated heterocycles. The van der Waals surface area contributed by atoms with Gasteiger partial charge >= 0.3 is 0 Å².